The standard InChI is InChI=1S/C7H15NS/c1-6(2)8-9-7(3,4)5/h1-5H3. The lowest BCUT2D eigenvalue weighted by molar-refractivity contribution is 0.804. The minimum Gasteiger partial charge on any atom is -0.226 e. The average Bonchev–Trinajstić information content (AvgIpc) is 1.59. The van der Waals surface area contributed by atoms with Crippen molar-refractivity contribution in [1.29, 1.82) is 0 Å². The lowest BCUT2D eigenvalue weighted by atomic mass is 10.3. The molecule has 54 valence electrons. The second-order valence-electron chi connectivity index (χ2n) is 3.24. The summed E-state index contributed by atoms with van der Waals surface area (Å²) >= 11 is 1.63. The molecule has 0 amide bonds. The Morgan fingerprint density at radius 2 is 1.67 bits per heavy atom. The van der Waals surface area contributed by atoms with Gasteiger partial charge < -0.3 is 0 Å². The molecule has 0 radical (unpaired) electrons. The summed E-state index contributed by atoms with van der Waals surface area (Å²) in [5, 5.41) is 0. The SMILES string of the molecule is CC(C)=NSC(C)(C)C. The maximum atomic E-state index is 4.23. The number of rotatable bonds is 1. The van der Waals surface area contributed by atoms with E-state index in [1.807, 2.05) is 13.8 Å². The van der Waals surface area contributed by atoms with E-state index in [0.29, 0.717) is 0 Å². The van der Waals surface area contributed by atoms with Crippen LogP contribution in [0.25, 0.3) is 0 Å². The average molecular weight is 145 g/mol. The van der Waals surface area contributed by atoms with Crippen LogP contribution in [0.2, 0.25) is 0 Å². The third-order valence-corrected chi connectivity index (χ3v) is 1.51. The fourth-order valence-electron chi connectivity index (χ4n) is 0.228. The van der Waals surface area contributed by atoms with Gasteiger partial charge in [0.2, 0.25) is 0 Å². The lowest BCUT2D eigenvalue weighted by Gasteiger charge is -2.12. The highest BCUT2D eigenvalue weighted by Gasteiger charge is 2.08. The topological polar surface area (TPSA) is 12.4 Å². The Bertz CT molecular complexity index is 107. The van der Waals surface area contributed by atoms with Crippen LogP contribution >= 0.6 is 11.9 Å². The van der Waals surface area contributed by atoms with Gasteiger partial charge in [-0.2, -0.15) is 0 Å². The number of nitrogens with zero attached hydrogens (tertiary/aromatic N) is 1. The van der Waals surface area contributed by atoms with E-state index in [1.54, 1.807) is 11.9 Å². The summed E-state index contributed by atoms with van der Waals surface area (Å²) in [6.07, 6.45) is 0. The van der Waals surface area contributed by atoms with Crippen LogP contribution in [0.3, 0.4) is 0 Å². The molecule has 0 rings (SSSR count). The summed E-state index contributed by atoms with van der Waals surface area (Å²) < 4.78 is 4.49. The fourth-order valence-corrected chi connectivity index (χ4v) is 0.685. The van der Waals surface area contributed by atoms with Crippen LogP contribution < -0.4 is 0 Å². The zero-order valence-corrected chi connectivity index (χ0v) is 7.67. The van der Waals surface area contributed by atoms with Gasteiger partial charge in [-0.3, -0.25) is 0 Å². The van der Waals surface area contributed by atoms with E-state index in [-0.39, 0.29) is 4.75 Å². The van der Waals surface area contributed by atoms with Gasteiger partial charge in [-0.1, -0.05) is 0 Å². The molecular formula is C7H15NS. The van der Waals surface area contributed by atoms with Gasteiger partial charge in [0.25, 0.3) is 0 Å². The molecule has 2 heteroatoms. The van der Waals surface area contributed by atoms with Crippen molar-refractivity contribution in [3.63, 3.8) is 0 Å². The molecule has 0 unspecified atom stereocenters. The molecule has 0 spiro atoms. The molecule has 0 atom stereocenters. The van der Waals surface area contributed by atoms with Gasteiger partial charge in [0.15, 0.2) is 0 Å². The second-order valence-corrected chi connectivity index (χ2v) is 4.83. The first kappa shape index (κ1) is 9.02. The van der Waals surface area contributed by atoms with Crippen molar-refractivity contribution >= 4 is 17.7 Å². The summed E-state index contributed by atoms with van der Waals surface area (Å²) in [5.41, 5.74) is 1.13. The molecule has 0 N–H and O–H groups in total. The van der Waals surface area contributed by atoms with Crippen LogP contribution in [-0.2, 0) is 0 Å². The van der Waals surface area contributed by atoms with Crippen molar-refractivity contribution < 1.29 is 0 Å². The molecule has 9 heavy (non-hydrogen) atoms. The van der Waals surface area contributed by atoms with Crippen LogP contribution in [0.4, 0.5) is 0 Å². The molecule has 0 aliphatic rings. The van der Waals surface area contributed by atoms with E-state index < -0.39 is 0 Å². The minimum absolute atomic E-state index is 0.261. The van der Waals surface area contributed by atoms with E-state index in [0.717, 1.165) is 5.71 Å². The van der Waals surface area contributed by atoms with Crippen LogP contribution in [0.1, 0.15) is 34.6 Å². The predicted octanol–water partition coefficient (Wildman–Crippen LogP) is 2.91. The first-order valence-corrected chi connectivity index (χ1v) is 3.88. The van der Waals surface area contributed by atoms with E-state index >= 15 is 0 Å². The molecule has 0 fully saturated rings. The molecule has 0 bridgehead atoms. The normalized spacial score (nSPS) is 11.2. The largest absolute Gasteiger partial charge is 0.226 e. The van der Waals surface area contributed by atoms with Crippen LogP contribution in [0, 0.1) is 0 Å². The first-order chi connectivity index (χ1) is 3.92. The summed E-state index contributed by atoms with van der Waals surface area (Å²) in [7, 11) is 0. The highest BCUT2D eigenvalue weighted by Crippen LogP contribution is 2.23. The molecular weight excluding hydrogens is 130 g/mol. The van der Waals surface area contributed by atoms with Gasteiger partial charge >= 0.3 is 0 Å². The third kappa shape index (κ3) is 8.02. The molecule has 0 aromatic carbocycles. The Morgan fingerprint density at radius 1 is 1.22 bits per heavy atom. The van der Waals surface area contributed by atoms with E-state index in [9.17, 15) is 0 Å². The van der Waals surface area contributed by atoms with Crippen molar-refractivity contribution in [3.8, 4) is 0 Å². The quantitative estimate of drug-likeness (QED) is 0.408. The van der Waals surface area contributed by atoms with E-state index in [2.05, 4.69) is 25.2 Å². The summed E-state index contributed by atoms with van der Waals surface area (Å²) in [5.74, 6) is 0. The zero-order valence-electron chi connectivity index (χ0n) is 6.86. The van der Waals surface area contributed by atoms with Gasteiger partial charge in [0, 0.05) is 10.5 Å². The summed E-state index contributed by atoms with van der Waals surface area (Å²) in [6, 6.07) is 0. The van der Waals surface area contributed by atoms with Crippen LogP contribution in [-0.4, -0.2) is 10.5 Å². The predicted molar refractivity (Wildman–Crippen MR) is 46.1 cm³/mol. The third-order valence-electron chi connectivity index (χ3n) is 0.502. The maximum absolute atomic E-state index is 4.23. The Morgan fingerprint density at radius 3 is 1.78 bits per heavy atom. The highest BCUT2D eigenvalue weighted by atomic mass is 32.2. The molecule has 0 saturated carbocycles. The first-order valence-electron chi connectivity index (χ1n) is 3.11. The smallest absolute Gasteiger partial charge is 0.0294 e. The van der Waals surface area contributed by atoms with Gasteiger partial charge in [0.1, 0.15) is 0 Å². The van der Waals surface area contributed by atoms with Crippen LogP contribution in [0.5, 0.6) is 0 Å². The minimum atomic E-state index is 0.261. The molecule has 0 heterocycles. The maximum Gasteiger partial charge on any atom is 0.0294 e. The Balaban J connectivity index is 3.64. The van der Waals surface area contributed by atoms with Crippen molar-refractivity contribution in [2.24, 2.45) is 4.40 Å². The second kappa shape index (κ2) is 3.25. The highest BCUT2D eigenvalue weighted by molar-refractivity contribution is 7.99. The number of hydrogen-bond acceptors (Lipinski definition) is 2. The zero-order chi connectivity index (χ0) is 7.49. The summed E-state index contributed by atoms with van der Waals surface area (Å²) in [4.78, 5) is 0. The molecule has 0 aliphatic heterocycles. The molecule has 0 saturated heterocycles. The van der Waals surface area contributed by atoms with Gasteiger partial charge in [-0.05, 0) is 46.6 Å². The molecule has 0 aromatic rings. The van der Waals surface area contributed by atoms with E-state index in [1.165, 1.54) is 0 Å². The van der Waals surface area contributed by atoms with Crippen molar-refractivity contribution in [2.75, 3.05) is 0 Å². The Kier molecular flexibility index (Phi) is 3.26. The van der Waals surface area contributed by atoms with Crippen molar-refractivity contribution in [1.82, 2.24) is 0 Å². The monoisotopic (exact) mass is 145 g/mol. The Hall–Kier alpha value is 0.0200. The molecule has 1 nitrogen and oxygen atoms in total. The van der Waals surface area contributed by atoms with Gasteiger partial charge in [0.05, 0.1) is 0 Å². The fraction of sp³-hybridized carbons (Fsp3) is 0.857. The van der Waals surface area contributed by atoms with Gasteiger partial charge in [-0.25, -0.2) is 4.40 Å². The van der Waals surface area contributed by atoms with Gasteiger partial charge in [-0.15, -0.1) is 0 Å². The lowest BCUT2D eigenvalue weighted by Crippen LogP contribution is -2.05. The van der Waals surface area contributed by atoms with Crippen molar-refractivity contribution in [3.05, 3.63) is 0 Å². The van der Waals surface area contributed by atoms with E-state index in [4.69, 9.17) is 0 Å². The summed E-state index contributed by atoms with van der Waals surface area (Å²) in [6.45, 7) is 10.5. The van der Waals surface area contributed by atoms with Crippen molar-refractivity contribution in [2.45, 2.75) is 39.4 Å². The number of hydrogen-bond donors (Lipinski definition) is 0. The van der Waals surface area contributed by atoms with Crippen LogP contribution in [0.15, 0.2) is 4.40 Å². The Labute approximate surface area is 62.1 Å². The molecule has 0 aromatic heterocycles. The molecule has 0 aliphatic carbocycles.